The summed E-state index contributed by atoms with van der Waals surface area (Å²) in [5.41, 5.74) is 0.681. The third kappa shape index (κ3) is 1.26. The molecule has 0 amide bonds. The minimum absolute atomic E-state index is 0.437. The van der Waals surface area contributed by atoms with Crippen LogP contribution in [0.2, 0.25) is 5.02 Å². The number of carbonyl (C=O) groups excluding carboxylic acids is 1. The second-order valence-electron chi connectivity index (χ2n) is 2.83. The van der Waals surface area contributed by atoms with Gasteiger partial charge in [-0.15, -0.1) is 0 Å². The monoisotopic (exact) mass is 209 g/mol. The molecule has 0 saturated heterocycles. The average Bonchev–Trinajstić information content (AvgIpc) is 2.62. The van der Waals surface area contributed by atoms with E-state index in [4.69, 9.17) is 11.6 Å². The second-order valence-corrected chi connectivity index (χ2v) is 3.24. The van der Waals surface area contributed by atoms with Gasteiger partial charge in [-0.3, -0.25) is 4.57 Å². The van der Waals surface area contributed by atoms with Crippen molar-refractivity contribution in [2.45, 2.75) is 0 Å². The number of carbonyl (C=O) groups is 1. The van der Waals surface area contributed by atoms with Gasteiger partial charge < -0.3 is 4.74 Å². The van der Waals surface area contributed by atoms with E-state index < -0.39 is 6.09 Å². The van der Waals surface area contributed by atoms with Gasteiger partial charge in [0.25, 0.3) is 0 Å². The maximum Gasteiger partial charge on any atom is 0.418 e. The molecule has 0 radical (unpaired) electrons. The van der Waals surface area contributed by atoms with Gasteiger partial charge in [-0.25, -0.2) is 4.79 Å². The number of hydrogen-bond acceptors (Lipinski definition) is 2. The highest BCUT2D eigenvalue weighted by Gasteiger charge is 2.10. The lowest BCUT2D eigenvalue weighted by atomic mass is 10.2. The standard InChI is InChI=1S/C10H8ClNO2/c1-14-10(13)12-6-5-7-3-2-4-8(11)9(7)12/h2-6H,1H3. The number of hydrogen-bond donors (Lipinski definition) is 0. The van der Waals surface area contributed by atoms with Crippen LogP contribution in [0.15, 0.2) is 30.5 Å². The summed E-state index contributed by atoms with van der Waals surface area (Å²) in [6.07, 6.45) is 1.20. The largest absolute Gasteiger partial charge is 0.452 e. The molecule has 3 nitrogen and oxygen atoms in total. The van der Waals surface area contributed by atoms with Crippen LogP contribution >= 0.6 is 11.6 Å². The molecular formula is C10H8ClNO2. The minimum Gasteiger partial charge on any atom is -0.452 e. The second kappa shape index (κ2) is 3.35. The highest BCUT2D eigenvalue weighted by molar-refractivity contribution is 6.35. The summed E-state index contributed by atoms with van der Waals surface area (Å²) >= 11 is 5.98. The molecule has 1 aromatic heterocycles. The zero-order valence-corrected chi connectivity index (χ0v) is 8.28. The van der Waals surface area contributed by atoms with Crippen molar-refractivity contribution in [3.8, 4) is 0 Å². The number of halogens is 1. The van der Waals surface area contributed by atoms with Gasteiger partial charge in [0.15, 0.2) is 0 Å². The highest BCUT2D eigenvalue weighted by Crippen LogP contribution is 2.24. The Labute approximate surface area is 85.8 Å². The fourth-order valence-corrected chi connectivity index (χ4v) is 1.67. The van der Waals surface area contributed by atoms with Crippen LogP contribution in [0.5, 0.6) is 0 Å². The Morgan fingerprint density at radius 2 is 2.21 bits per heavy atom. The van der Waals surface area contributed by atoms with Crippen LogP contribution in [0.1, 0.15) is 0 Å². The van der Waals surface area contributed by atoms with Gasteiger partial charge in [-0.1, -0.05) is 23.7 Å². The molecule has 4 heteroatoms. The molecule has 1 aromatic carbocycles. The van der Waals surface area contributed by atoms with E-state index in [1.54, 1.807) is 12.3 Å². The van der Waals surface area contributed by atoms with E-state index in [9.17, 15) is 4.79 Å². The number of rotatable bonds is 0. The Morgan fingerprint density at radius 1 is 1.43 bits per heavy atom. The summed E-state index contributed by atoms with van der Waals surface area (Å²) < 4.78 is 6.01. The van der Waals surface area contributed by atoms with Crippen LogP contribution < -0.4 is 0 Å². The van der Waals surface area contributed by atoms with E-state index in [2.05, 4.69) is 4.74 Å². The molecule has 1 heterocycles. The van der Waals surface area contributed by atoms with E-state index in [0.29, 0.717) is 10.5 Å². The van der Waals surface area contributed by atoms with Crippen molar-refractivity contribution in [2.24, 2.45) is 0 Å². The topological polar surface area (TPSA) is 31.2 Å². The number of ether oxygens (including phenoxy) is 1. The summed E-state index contributed by atoms with van der Waals surface area (Å²) in [5.74, 6) is 0. The molecule has 0 aliphatic carbocycles. The molecule has 72 valence electrons. The van der Waals surface area contributed by atoms with Crippen LogP contribution in [-0.4, -0.2) is 17.8 Å². The number of para-hydroxylation sites is 1. The summed E-state index contributed by atoms with van der Waals surface area (Å²) in [4.78, 5) is 11.3. The maximum atomic E-state index is 11.3. The SMILES string of the molecule is COC(=O)n1ccc2cccc(Cl)c21. The predicted octanol–water partition coefficient (Wildman–Crippen LogP) is 2.91. The molecule has 0 N–H and O–H groups in total. The van der Waals surface area contributed by atoms with Gasteiger partial charge in [-0.2, -0.15) is 0 Å². The number of benzene rings is 1. The molecule has 0 fully saturated rings. The van der Waals surface area contributed by atoms with Crippen LogP contribution in [-0.2, 0) is 4.74 Å². The number of nitrogens with zero attached hydrogens (tertiary/aromatic N) is 1. The van der Waals surface area contributed by atoms with Crippen molar-refractivity contribution >= 4 is 28.6 Å². The van der Waals surface area contributed by atoms with Crippen molar-refractivity contribution in [3.63, 3.8) is 0 Å². The zero-order chi connectivity index (χ0) is 10.1. The number of methoxy groups -OCH3 is 1. The first-order chi connectivity index (χ1) is 6.74. The normalized spacial score (nSPS) is 10.4. The molecule has 2 aromatic rings. The first-order valence-electron chi connectivity index (χ1n) is 4.08. The quantitative estimate of drug-likeness (QED) is 0.668. The summed E-state index contributed by atoms with van der Waals surface area (Å²) in [7, 11) is 1.34. The molecule has 14 heavy (non-hydrogen) atoms. The minimum atomic E-state index is -0.437. The predicted molar refractivity (Wildman–Crippen MR) is 54.8 cm³/mol. The fraction of sp³-hybridized carbons (Fsp3) is 0.100. The van der Waals surface area contributed by atoms with Gasteiger partial charge in [0.1, 0.15) is 0 Å². The van der Waals surface area contributed by atoms with E-state index >= 15 is 0 Å². The smallest absolute Gasteiger partial charge is 0.418 e. The summed E-state index contributed by atoms with van der Waals surface area (Å²) in [6.45, 7) is 0. The van der Waals surface area contributed by atoms with Gasteiger partial charge in [0.2, 0.25) is 0 Å². The fourth-order valence-electron chi connectivity index (χ4n) is 1.40. The van der Waals surface area contributed by atoms with Crippen LogP contribution in [0.3, 0.4) is 0 Å². The molecule has 0 atom stereocenters. The van der Waals surface area contributed by atoms with Gasteiger partial charge in [-0.05, 0) is 12.1 Å². The first-order valence-corrected chi connectivity index (χ1v) is 4.45. The molecule has 2 rings (SSSR count). The summed E-state index contributed by atoms with van der Waals surface area (Å²) in [6, 6.07) is 7.29. The van der Waals surface area contributed by atoms with Crippen molar-refractivity contribution in [1.29, 1.82) is 0 Å². The van der Waals surface area contributed by atoms with Crippen molar-refractivity contribution in [2.75, 3.05) is 7.11 Å². The lowest BCUT2D eigenvalue weighted by molar-refractivity contribution is 0.174. The third-order valence-electron chi connectivity index (χ3n) is 2.03. The van der Waals surface area contributed by atoms with Crippen LogP contribution in [0.4, 0.5) is 4.79 Å². The molecule has 0 aliphatic rings. The molecule has 0 spiro atoms. The van der Waals surface area contributed by atoms with E-state index in [0.717, 1.165) is 5.39 Å². The average molecular weight is 210 g/mol. The van der Waals surface area contributed by atoms with Crippen molar-refractivity contribution in [1.82, 2.24) is 4.57 Å². The molecule has 0 aliphatic heterocycles. The Balaban J connectivity index is 2.73. The van der Waals surface area contributed by atoms with Gasteiger partial charge in [0, 0.05) is 11.6 Å². The molecule has 0 bridgehead atoms. The lowest BCUT2D eigenvalue weighted by Gasteiger charge is -2.02. The Hall–Kier alpha value is -1.48. The van der Waals surface area contributed by atoms with Crippen molar-refractivity contribution in [3.05, 3.63) is 35.5 Å². The first kappa shape index (κ1) is 9.09. The zero-order valence-electron chi connectivity index (χ0n) is 7.53. The molecule has 0 unspecified atom stereocenters. The van der Waals surface area contributed by atoms with Crippen LogP contribution in [0.25, 0.3) is 10.9 Å². The Morgan fingerprint density at radius 3 is 2.93 bits per heavy atom. The highest BCUT2D eigenvalue weighted by atomic mass is 35.5. The summed E-state index contributed by atoms with van der Waals surface area (Å²) in [5, 5.41) is 1.46. The van der Waals surface area contributed by atoms with Gasteiger partial charge >= 0.3 is 6.09 Å². The number of aromatic nitrogens is 1. The van der Waals surface area contributed by atoms with Crippen molar-refractivity contribution < 1.29 is 9.53 Å². The van der Waals surface area contributed by atoms with E-state index in [1.165, 1.54) is 11.7 Å². The molecular weight excluding hydrogens is 202 g/mol. The number of fused-ring (bicyclic) bond motifs is 1. The van der Waals surface area contributed by atoms with E-state index in [-0.39, 0.29) is 0 Å². The van der Waals surface area contributed by atoms with E-state index in [1.807, 2.05) is 18.2 Å². The Bertz CT molecular complexity index is 490. The maximum absolute atomic E-state index is 11.3. The van der Waals surface area contributed by atoms with Gasteiger partial charge in [0.05, 0.1) is 17.6 Å². The third-order valence-corrected chi connectivity index (χ3v) is 2.34. The Kier molecular flexibility index (Phi) is 2.17. The lowest BCUT2D eigenvalue weighted by Crippen LogP contribution is -2.09. The van der Waals surface area contributed by atoms with Crippen LogP contribution in [0, 0.1) is 0 Å². The molecule has 0 saturated carbocycles.